The SMILES string of the molecule is Cc1cc(C(=O)NCCc2ccc(F)cc2)nc(Nc2ccc(C)c(Cl)c2)n1. The topological polar surface area (TPSA) is 66.9 Å². The Kier molecular flexibility index (Phi) is 6.21. The largest absolute Gasteiger partial charge is 0.350 e. The number of hydrogen-bond donors (Lipinski definition) is 2. The maximum atomic E-state index is 12.9. The van der Waals surface area contributed by atoms with Crippen molar-refractivity contribution in [3.8, 4) is 0 Å². The molecule has 3 rings (SSSR count). The number of anilines is 2. The van der Waals surface area contributed by atoms with Gasteiger partial charge < -0.3 is 10.6 Å². The van der Waals surface area contributed by atoms with Crippen molar-refractivity contribution in [1.29, 1.82) is 0 Å². The molecule has 5 nitrogen and oxygen atoms in total. The number of carbonyl (C=O) groups is 1. The number of nitrogens with one attached hydrogen (secondary N) is 2. The van der Waals surface area contributed by atoms with Crippen LogP contribution in [0.15, 0.2) is 48.5 Å². The quantitative estimate of drug-likeness (QED) is 0.636. The van der Waals surface area contributed by atoms with Crippen molar-refractivity contribution in [2.75, 3.05) is 11.9 Å². The number of rotatable bonds is 6. The number of benzene rings is 2. The first kappa shape index (κ1) is 19.8. The van der Waals surface area contributed by atoms with Crippen LogP contribution in [-0.4, -0.2) is 22.4 Å². The normalized spacial score (nSPS) is 10.6. The van der Waals surface area contributed by atoms with E-state index in [-0.39, 0.29) is 17.4 Å². The van der Waals surface area contributed by atoms with Crippen LogP contribution in [0.2, 0.25) is 5.02 Å². The molecule has 0 saturated heterocycles. The first-order chi connectivity index (χ1) is 13.4. The highest BCUT2D eigenvalue weighted by Gasteiger charge is 2.11. The lowest BCUT2D eigenvalue weighted by atomic mass is 10.1. The van der Waals surface area contributed by atoms with E-state index in [9.17, 15) is 9.18 Å². The summed E-state index contributed by atoms with van der Waals surface area (Å²) in [6.45, 7) is 4.14. The van der Waals surface area contributed by atoms with Crippen molar-refractivity contribution in [2.45, 2.75) is 20.3 Å². The molecule has 0 aliphatic carbocycles. The number of aryl methyl sites for hydroxylation is 2. The van der Waals surface area contributed by atoms with Gasteiger partial charge in [-0.05, 0) is 61.7 Å². The van der Waals surface area contributed by atoms with Crippen molar-refractivity contribution >= 4 is 29.1 Å². The minimum atomic E-state index is -0.294. The summed E-state index contributed by atoms with van der Waals surface area (Å²) in [5, 5.41) is 6.53. The van der Waals surface area contributed by atoms with Crippen LogP contribution in [0.5, 0.6) is 0 Å². The molecule has 0 unspecified atom stereocenters. The molecule has 0 fully saturated rings. The summed E-state index contributed by atoms with van der Waals surface area (Å²) in [6, 6.07) is 13.4. The monoisotopic (exact) mass is 398 g/mol. The lowest BCUT2D eigenvalue weighted by molar-refractivity contribution is 0.0949. The van der Waals surface area contributed by atoms with Crippen LogP contribution in [0.25, 0.3) is 0 Å². The molecule has 0 saturated carbocycles. The number of aromatic nitrogens is 2. The molecule has 0 aliphatic rings. The van der Waals surface area contributed by atoms with Crippen LogP contribution in [0.3, 0.4) is 0 Å². The van der Waals surface area contributed by atoms with E-state index in [4.69, 9.17) is 11.6 Å². The molecule has 1 aromatic heterocycles. The summed E-state index contributed by atoms with van der Waals surface area (Å²) in [5.41, 5.74) is 3.59. The van der Waals surface area contributed by atoms with Crippen LogP contribution >= 0.6 is 11.6 Å². The predicted molar refractivity (Wildman–Crippen MR) is 109 cm³/mol. The highest BCUT2D eigenvalue weighted by atomic mass is 35.5. The Morgan fingerprint density at radius 2 is 1.82 bits per heavy atom. The Morgan fingerprint density at radius 1 is 1.07 bits per heavy atom. The van der Waals surface area contributed by atoms with Gasteiger partial charge in [0.2, 0.25) is 5.95 Å². The molecule has 7 heteroatoms. The Bertz CT molecular complexity index is 992. The average molecular weight is 399 g/mol. The summed E-state index contributed by atoms with van der Waals surface area (Å²) >= 11 is 6.14. The zero-order valence-corrected chi connectivity index (χ0v) is 16.3. The second-order valence-electron chi connectivity index (χ2n) is 6.44. The Labute approximate surface area is 168 Å². The van der Waals surface area contributed by atoms with Gasteiger partial charge in [-0.2, -0.15) is 0 Å². The highest BCUT2D eigenvalue weighted by Crippen LogP contribution is 2.22. The van der Waals surface area contributed by atoms with Gasteiger partial charge >= 0.3 is 0 Å². The molecule has 2 N–H and O–H groups in total. The third-order valence-electron chi connectivity index (χ3n) is 4.13. The van der Waals surface area contributed by atoms with Gasteiger partial charge in [0.05, 0.1) is 0 Å². The van der Waals surface area contributed by atoms with E-state index in [1.807, 2.05) is 19.1 Å². The predicted octanol–water partition coefficient (Wildman–Crippen LogP) is 4.60. The highest BCUT2D eigenvalue weighted by molar-refractivity contribution is 6.31. The lowest BCUT2D eigenvalue weighted by Gasteiger charge is -2.10. The fraction of sp³-hybridized carbons (Fsp3) is 0.190. The number of hydrogen-bond acceptors (Lipinski definition) is 4. The maximum Gasteiger partial charge on any atom is 0.270 e. The Balaban J connectivity index is 1.65. The van der Waals surface area contributed by atoms with E-state index in [1.54, 1.807) is 31.2 Å². The fourth-order valence-electron chi connectivity index (χ4n) is 2.60. The zero-order valence-electron chi connectivity index (χ0n) is 15.6. The standard InChI is InChI=1S/C21H20ClFN4O/c1-13-3-8-17(12-18(13)22)26-21-25-14(2)11-19(27-21)20(28)24-10-9-15-4-6-16(23)7-5-15/h3-8,11-12H,9-10H2,1-2H3,(H,24,28)(H,25,26,27). The van der Waals surface area contributed by atoms with E-state index >= 15 is 0 Å². The van der Waals surface area contributed by atoms with Gasteiger partial charge in [-0.1, -0.05) is 29.8 Å². The zero-order chi connectivity index (χ0) is 20.1. The van der Waals surface area contributed by atoms with Crippen LogP contribution in [-0.2, 0) is 6.42 Å². The molecule has 1 heterocycles. The van der Waals surface area contributed by atoms with Crippen molar-refractivity contribution in [3.05, 3.63) is 81.9 Å². The van der Waals surface area contributed by atoms with E-state index in [0.29, 0.717) is 29.6 Å². The molecular weight excluding hydrogens is 379 g/mol. The Hall–Kier alpha value is -2.99. The molecule has 0 radical (unpaired) electrons. The van der Waals surface area contributed by atoms with Gasteiger partial charge in [-0.15, -0.1) is 0 Å². The minimum Gasteiger partial charge on any atom is -0.350 e. The van der Waals surface area contributed by atoms with Crippen LogP contribution in [0.4, 0.5) is 16.0 Å². The van der Waals surface area contributed by atoms with Crippen LogP contribution in [0, 0.1) is 19.7 Å². The van der Waals surface area contributed by atoms with Gasteiger partial charge in [0.1, 0.15) is 11.5 Å². The number of carbonyl (C=O) groups excluding carboxylic acids is 1. The third kappa shape index (κ3) is 5.27. The molecule has 3 aromatic rings. The van der Waals surface area contributed by atoms with Gasteiger partial charge in [-0.25, -0.2) is 14.4 Å². The second kappa shape index (κ2) is 8.80. The molecule has 144 valence electrons. The van der Waals surface area contributed by atoms with Gasteiger partial charge in [0.25, 0.3) is 5.91 Å². The second-order valence-corrected chi connectivity index (χ2v) is 6.85. The van der Waals surface area contributed by atoms with Crippen molar-refractivity contribution in [2.24, 2.45) is 0 Å². The van der Waals surface area contributed by atoms with Gasteiger partial charge in [0, 0.05) is 22.9 Å². The summed E-state index contributed by atoms with van der Waals surface area (Å²) in [7, 11) is 0. The average Bonchev–Trinajstić information content (AvgIpc) is 2.66. The number of amides is 1. The van der Waals surface area contributed by atoms with Gasteiger partial charge in [-0.3, -0.25) is 4.79 Å². The molecule has 0 spiro atoms. The lowest BCUT2D eigenvalue weighted by Crippen LogP contribution is -2.27. The van der Waals surface area contributed by atoms with E-state index in [1.165, 1.54) is 12.1 Å². The van der Waals surface area contributed by atoms with Crippen LogP contribution in [0.1, 0.15) is 27.3 Å². The summed E-state index contributed by atoms with van der Waals surface area (Å²) in [5.74, 6) is -0.250. The van der Waals surface area contributed by atoms with E-state index in [2.05, 4.69) is 20.6 Å². The number of halogens is 2. The number of nitrogens with zero attached hydrogens (tertiary/aromatic N) is 2. The first-order valence-corrected chi connectivity index (χ1v) is 9.20. The van der Waals surface area contributed by atoms with E-state index in [0.717, 1.165) is 16.8 Å². The van der Waals surface area contributed by atoms with Crippen molar-refractivity contribution in [1.82, 2.24) is 15.3 Å². The molecular formula is C21H20ClFN4O. The molecule has 0 atom stereocenters. The van der Waals surface area contributed by atoms with Crippen LogP contribution < -0.4 is 10.6 Å². The summed E-state index contributed by atoms with van der Waals surface area (Å²) in [6.07, 6.45) is 0.600. The molecule has 0 aliphatic heterocycles. The van der Waals surface area contributed by atoms with Crippen molar-refractivity contribution < 1.29 is 9.18 Å². The Morgan fingerprint density at radius 3 is 2.54 bits per heavy atom. The molecule has 28 heavy (non-hydrogen) atoms. The third-order valence-corrected chi connectivity index (χ3v) is 4.53. The smallest absolute Gasteiger partial charge is 0.270 e. The summed E-state index contributed by atoms with van der Waals surface area (Å²) in [4.78, 5) is 21.0. The van der Waals surface area contributed by atoms with Gasteiger partial charge in [0.15, 0.2) is 0 Å². The maximum absolute atomic E-state index is 12.9. The first-order valence-electron chi connectivity index (χ1n) is 8.82. The molecule has 2 aromatic carbocycles. The fourth-order valence-corrected chi connectivity index (χ4v) is 2.78. The van der Waals surface area contributed by atoms with E-state index < -0.39 is 0 Å². The summed E-state index contributed by atoms with van der Waals surface area (Å²) < 4.78 is 12.9. The van der Waals surface area contributed by atoms with Crippen molar-refractivity contribution in [3.63, 3.8) is 0 Å². The molecule has 1 amide bonds. The minimum absolute atomic E-state index is 0.271. The molecule has 0 bridgehead atoms.